The molecule has 0 aromatic carbocycles. The number of rotatable bonds is 20. The second kappa shape index (κ2) is 31.6. The van der Waals surface area contributed by atoms with Gasteiger partial charge in [0.25, 0.3) is 0 Å². The van der Waals surface area contributed by atoms with Crippen molar-refractivity contribution in [1.82, 2.24) is 16.0 Å². The number of amides is 1. The third-order valence-electron chi connectivity index (χ3n) is 7.53. The van der Waals surface area contributed by atoms with Gasteiger partial charge in [-0.3, -0.25) is 25.2 Å². The fourth-order valence-corrected chi connectivity index (χ4v) is 4.90. The number of hydrogen-bond acceptors (Lipinski definition) is 6. The minimum absolute atomic E-state index is 0.0159. The van der Waals surface area contributed by atoms with Crippen LogP contribution in [0.15, 0.2) is 101 Å². The van der Waals surface area contributed by atoms with E-state index in [1.54, 1.807) is 44.5 Å². The van der Waals surface area contributed by atoms with Crippen molar-refractivity contribution in [2.24, 2.45) is 10.9 Å². The highest BCUT2D eigenvalue weighted by Crippen LogP contribution is 2.29. The Kier molecular flexibility index (Phi) is 30.6. The summed E-state index contributed by atoms with van der Waals surface area (Å²) in [7, 11) is 1.75. The number of hydrogen-bond donors (Lipinski definition) is 5. The van der Waals surface area contributed by atoms with E-state index in [0.717, 1.165) is 38.5 Å². The zero-order valence-electron chi connectivity index (χ0n) is 31.2. The van der Waals surface area contributed by atoms with Crippen molar-refractivity contribution >= 4 is 18.1 Å². The lowest BCUT2D eigenvalue weighted by atomic mass is 9.85. The van der Waals surface area contributed by atoms with Crippen LogP contribution in [-0.4, -0.2) is 54.3 Å². The van der Waals surface area contributed by atoms with E-state index in [4.69, 9.17) is 5.11 Å². The largest absolute Gasteiger partial charge is 0.481 e. The summed E-state index contributed by atoms with van der Waals surface area (Å²) in [6.07, 6.45) is 22.2. The predicted octanol–water partition coefficient (Wildman–Crippen LogP) is 8.78. The highest BCUT2D eigenvalue weighted by Gasteiger charge is 2.22. The lowest BCUT2D eigenvalue weighted by molar-refractivity contribution is -0.137. The van der Waals surface area contributed by atoms with Crippen LogP contribution in [0.4, 0.5) is 4.39 Å². The van der Waals surface area contributed by atoms with E-state index >= 15 is 0 Å². The SMILES string of the molecule is C=C/C=C\C1=C(/CC)CCC(C(=O)NC(/C=C/C(N=CCCCCC(=O)O)=C(\C=C)C(O)NC/C=C\C(F)=C/C)NC)CCC1.CC.CC. The van der Waals surface area contributed by atoms with Crippen molar-refractivity contribution in [1.29, 1.82) is 0 Å². The molecular formula is C40H65FN4O4. The molecule has 0 spiro atoms. The minimum atomic E-state index is -1.14. The number of carbonyl (C=O) groups is 2. The molecular weight excluding hydrogens is 619 g/mol. The molecule has 0 saturated carbocycles. The van der Waals surface area contributed by atoms with Crippen molar-refractivity contribution in [3.05, 3.63) is 96.1 Å². The number of aliphatic hydroxyl groups excluding tert-OH is 1. The second-order valence-electron chi connectivity index (χ2n) is 10.7. The number of allylic oxidation sites excluding steroid dienone is 9. The van der Waals surface area contributed by atoms with Gasteiger partial charge in [0.2, 0.25) is 5.91 Å². The maximum Gasteiger partial charge on any atom is 0.303 e. The molecule has 1 aliphatic rings. The van der Waals surface area contributed by atoms with E-state index in [-0.39, 0.29) is 30.6 Å². The Morgan fingerprint density at radius 1 is 1.10 bits per heavy atom. The Hall–Kier alpha value is -3.66. The Labute approximate surface area is 296 Å². The first-order valence-corrected chi connectivity index (χ1v) is 17.9. The summed E-state index contributed by atoms with van der Waals surface area (Å²) in [6.45, 7) is 19.6. The van der Waals surface area contributed by atoms with Crippen LogP contribution in [0.1, 0.15) is 106 Å². The van der Waals surface area contributed by atoms with Gasteiger partial charge in [0.15, 0.2) is 0 Å². The summed E-state index contributed by atoms with van der Waals surface area (Å²) in [5.74, 6) is -1.34. The number of nitrogens with zero attached hydrogens (tertiary/aromatic N) is 1. The van der Waals surface area contributed by atoms with Gasteiger partial charge >= 0.3 is 5.97 Å². The lowest BCUT2D eigenvalue weighted by Gasteiger charge is -2.24. The second-order valence-corrected chi connectivity index (χ2v) is 10.7. The normalized spacial score (nSPS) is 18.9. The first-order chi connectivity index (χ1) is 23.7. The molecule has 0 radical (unpaired) electrons. The van der Waals surface area contributed by atoms with Crippen LogP contribution in [0, 0.1) is 5.92 Å². The molecule has 49 heavy (non-hydrogen) atoms. The van der Waals surface area contributed by atoms with Crippen LogP contribution in [-0.2, 0) is 9.59 Å². The molecule has 9 heteroatoms. The number of aliphatic carboxylic acids is 1. The van der Waals surface area contributed by atoms with E-state index in [9.17, 15) is 19.1 Å². The van der Waals surface area contributed by atoms with Crippen LogP contribution < -0.4 is 16.0 Å². The number of carbonyl (C=O) groups excluding carboxylic acids is 1. The highest BCUT2D eigenvalue weighted by molar-refractivity contribution is 5.79. The Balaban J connectivity index is 0. The average molecular weight is 685 g/mol. The molecule has 3 unspecified atom stereocenters. The Bertz CT molecular complexity index is 1180. The van der Waals surface area contributed by atoms with Crippen molar-refractivity contribution in [3.63, 3.8) is 0 Å². The molecule has 1 rings (SSSR count). The van der Waals surface area contributed by atoms with Crippen LogP contribution in [0.5, 0.6) is 0 Å². The lowest BCUT2D eigenvalue weighted by Crippen LogP contribution is -2.45. The molecule has 8 nitrogen and oxygen atoms in total. The smallest absolute Gasteiger partial charge is 0.303 e. The van der Waals surface area contributed by atoms with Crippen molar-refractivity contribution in [3.8, 4) is 0 Å². The van der Waals surface area contributed by atoms with Gasteiger partial charge in [-0.2, -0.15) is 0 Å². The first kappa shape index (κ1) is 47.5. The fourth-order valence-electron chi connectivity index (χ4n) is 4.90. The Morgan fingerprint density at radius 3 is 2.41 bits per heavy atom. The molecule has 0 aromatic heterocycles. The van der Waals surface area contributed by atoms with Gasteiger partial charge in [-0.25, -0.2) is 4.39 Å². The molecule has 0 fully saturated rings. The Morgan fingerprint density at radius 2 is 1.82 bits per heavy atom. The zero-order valence-corrected chi connectivity index (χ0v) is 31.2. The molecule has 1 amide bonds. The van der Waals surface area contributed by atoms with E-state index in [1.807, 2.05) is 33.8 Å². The van der Waals surface area contributed by atoms with E-state index < -0.39 is 18.4 Å². The monoisotopic (exact) mass is 684 g/mol. The number of likely N-dealkylation sites (N-methyl/N-ethyl adjacent to an activating group) is 1. The van der Waals surface area contributed by atoms with E-state index in [1.165, 1.54) is 29.4 Å². The van der Waals surface area contributed by atoms with Gasteiger partial charge in [0.1, 0.15) is 12.1 Å². The number of aliphatic hydroxyl groups is 1. The van der Waals surface area contributed by atoms with Gasteiger partial charge in [-0.15, -0.1) is 0 Å². The van der Waals surface area contributed by atoms with E-state index in [0.29, 0.717) is 30.5 Å². The quantitative estimate of drug-likeness (QED) is 0.0378. The van der Waals surface area contributed by atoms with Gasteiger partial charge in [-0.05, 0) is 95.6 Å². The number of aliphatic imine (C=N–C) groups is 1. The van der Waals surface area contributed by atoms with Crippen LogP contribution >= 0.6 is 0 Å². The van der Waals surface area contributed by atoms with Crippen molar-refractivity contribution in [2.45, 2.75) is 118 Å². The number of carboxylic acid groups (broad SMARTS) is 1. The zero-order chi connectivity index (χ0) is 37.5. The summed E-state index contributed by atoms with van der Waals surface area (Å²) in [5, 5.41) is 28.8. The molecule has 276 valence electrons. The van der Waals surface area contributed by atoms with Crippen molar-refractivity contribution in [2.75, 3.05) is 13.6 Å². The number of halogens is 1. The fraction of sp³-hybridized carbons (Fsp3) is 0.525. The van der Waals surface area contributed by atoms with Crippen LogP contribution in [0.2, 0.25) is 0 Å². The van der Waals surface area contributed by atoms with Gasteiger partial charge in [0, 0.05) is 30.7 Å². The third-order valence-corrected chi connectivity index (χ3v) is 7.53. The molecule has 0 bridgehead atoms. The molecule has 1 aliphatic carbocycles. The minimum Gasteiger partial charge on any atom is -0.481 e. The standard InChI is InChI=1S/C36H53FN4O4.2C2H6/c1-6-10-16-28-17-14-18-29(22-21-27(28)7-2)35(44)41-33(38-5)24-23-32(39-25-13-11-12-20-34(42)43)31(9-4)36(45)40-26-15-19-30(37)8-3;2*1-2/h6,8-10,15-16,19,23-25,29,33,36,38,40,45H,1,4,7,11-14,17-18,20-22,26H2,2-3,5H3,(H,41,44)(H,42,43);2*1-2H3/b16-10-,19-15-,24-23+,28-27-,30-8+,32-31-,39-25?;;. The number of carboxylic acids is 1. The molecule has 0 aromatic rings. The predicted molar refractivity (Wildman–Crippen MR) is 206 cm³/mol. The van der Waals surface area contributed by atoms with Gasteiger partial charge in [-0.1, -0.05) is 89.8 Å². The summed E-state index contributed by atoms with van der Waals surface area (Å²) in [6, 6.07) is 0. The van der Waals surface area contributed by atoms with Crippen LogP contribution in [0.25, 0.3) is 0 Å². The molecule has 0 aliphatic heterocycles. The van der Waals surface area contributed by atoms with Crippen molar-refractivity contribution < 1.29 is 24.2 Å². The topological polar surface area (TPSA) is 123 Å². The summed E-state index contributed by atoms with van der Waals surface area (Å²) >= 11 is 0. The van der Waals surface area contributed by atoms with Crippen LogP contribution in [0.3, 0.4) is 0 Å². The summed E-state index contributed by atoms with van der Waals surface area (Å²) in [5.41, 5.74) is 3.56. The third kappa shape index (κ3) is 21.8. The molecule has 0 saturated heterocycles. The van der Waals surface area contributed by atoms with E-state index in [2.05, 4.69) is 47.1 Å². The molecule has 3 atom stereocenters. The molecule has 5 N–H and O–H groups in total. The first-order valence-electron chi connectivity index (χ1n) is 17.9. The number of unbranched alkanes of at least 4 members (excludes halogenated alkanes) is 2. The summed E-state index contributed by atoms with van der Waals surface area (Å²) < 4.78 is 13.4. The van der Waals surface area contributed by atoms with Gasteiger partial charge in [0.05, 0.1) is 11.9 Å². The average Bonchev–Trinajstić information content (AvgIpc) is 3.10. The maximum absolute atomic E-state index is 13.4. The summed E-state index contributed by atoms with van der Waals surface area (Å²) in [4.78, 5) is 28.7. The molecule has 0 heterocycles. The number of nitrogens with one attached hydrogen (secondary N) is 3. The maximum atomic E-state index is 13.4. The highest BCUT2D eigenvalue weighted by atomic mass is 19.1. The van der Waals surface area contributed by atoms with Gasteiger partial charge < -0.3 is 15.5 Å².